The van der Waals surface area contributed by atoms with E-state index in [1.54, 1.807) is 33.1 Å². The molecule has 0 radical (unpaired) electrons. The van der Waals surface area contributed by atoms with Crippen LogP contribution in [0.5, 0.6) is 5.75 Å². The first-order chi connectivity index (χ1) is 21.5. The molecule has 2 amide bonds. The van der Waals surface area contributed by atoms with Gasteiger partial charge in [-0.25, -0.2) is 9.79 Å². The maximum atomic E-state index is 12.9. The van der Waals surface area contributed by atoms with Gasteiger partial charge in [0.1, 0.15) is 28.9 Å². The van der Waals surface area contributed by atoms with Crippen molar-refractivity contribution in [1.82, 2.24) is 14.9 Å². The standard InChI is InChI=1S/C32H30N4O9/c1-17-9-22-21(23-10-18(2)25(38)13-27(23)45-26(22)12-24(17)37)11-28(39)34-14-29(40)33-8-4-5-19-15-36(32(42)35-31(19)41)30-7-6-20(44-30)16-43-3/h9-10,12-15,20,30,37H,6-8,11,16H2,1-3H3,(H,33,40)(H,35,41,42)/t20-,30+/m0/s1. The Morgan fingerprint density at radius 1 is 1.18 bits per heavy atom. The molecule has 2 atom stereocenters. The van der Waals surface area contributed by atoms with Gasteiger partial charge in [0.25, 0.3) is 11.5 Å². The molecule has 232 valence electrons. The van der Waals surface area contributed by atoms with E-state index in [1.165, 1.54) is 22.9 Å². The number of fused-ring (bicyclic) bond motifs is 2. The Bertz CT molecular complexity index is 2040. The van der Waals surface area contributed by atoms with Crippen LogP contribution in [-0.2, 0) is 25.5 Å². The minimum Gasteiger partial charge on any atom is -0.508 e. The molecule has 3 N–H and O–H groups in total. The Kier molecular flexibility index (Phi) is 9.08. The van der Waals surface area contributed by atoms with Gasteiger partial charge in [0.2, 0.25) is 5.91 Å². The molecule has 1 aliphatic carbocycles. The van der Waals surface area contributed by atoms with E-state index in [0.29, 0.717) is 47.1 Å². The molecule has 0 bridgehead atoms. The fraction of sp³-hybridized carbons (Fsp3) is 0.312. The third kappa shape index (κ3) is 6.93. The Morgan fingerprint density at radius 3 is 2.76 bits per heavy atom. The van der Waals surface area contributed by atoms with Crippen molar-refractivity contribution in [3.8, 4) is 28.9 Å². The fourth-order valence-corrected chi connectivity index (χ4v) is 5.07. The number of phenolic OH excluding ortho intramolecular Hbond substituents is 1. The van der Waals surface area contributed by atoms with Crippen molar-refractivity contribution in [2.75, 3.05) is 20.3 Å². The average molecular weight is 615 g/mol. The molecule has 1 saturated heterocycles. The maximum Gasteiger partial charge on any atom is 0.330 e. The van der Waals surface area contributed by atoms with Gasteiger partial charge in [-0.3, -0.25) is 28.7 Å². The number of nitrogens with one attached hydrogen (secondary N) is 2. The SMILES string of the molecule is COC[C@@H]1CC[C@H](n2cc(C#CCNC(=O)C=NC(=O)Cc3c4cc(C)c(=O)cc-4oc4cc(O)c(C)cc34)c(=O)[nH]c2=O)O1. The number of aryl methyl sites for hydroxylation is 2. The van der Waals surface area contributed by atoms with Crippen LogP contribution in [0.2, 0.25) is 0 Å². The first-order valence-corrected chi connectivity index (χ1v) is 14.1. The zero-order valence-corrected chi connectivity index (χ0v) is 24.8. The monoisotopic (exact) mass is 614 g/mol. The second-order valence-electron chi connectivity index (χ2n) is 10.6. The Hall–Kier alpha value is -5.32. The van der Waals surface area contributed by atoms with Gasteiger partial charge in [-0.2, -0.15) is 0 Å². The van der Waals surface area contributed by atoms with Crippen molar-refractivity contribution in [1.29, 1.82) is 0 Å². The van der Waals surface area contributed by atoms with E-state index in [1.807, 2.05) is 0 Å². The van der Waals surface area contributed by atoms with Crippen molar-refractivity contribution < 1.29 is 28.6 Å². The summed E-state index contributed by atoms with van der Waals surface area (Å²) in [6, 6.07) is 6.07. The number of aliphatic imine (C=N–C) groups is 1. The lowest BCUT2D eigenvalue weighted by Gasteiger charge is -2.15. The number of aromatic amines is 1. The highest BCUT2D eigenvalue weighted by Gasteiger charge is 2.27. The van der Waals surface area contributed by atoms with E-state index in [0.717, 1.165) is 6.21 Å². The van der Waals surface area contributed by atoms with Crippen LogP contribution < -0.4 is 22.0 Å². The molecular weight excluding hydrogens is 584 g/mol. The number of carbonyl (C=O) groups excluding carboxylic acids is 2. The molecule has 5 rings (SSSR count). The van der Waals surface area contributed by atoms with E-state index < -0.39 is 29.3 Å². The summed E-state index contributed by atoms with van der Waals surface area (Å²) in [6.45, 7) is 3.58. The lowest BCUT2D eigenvalue weighted by molar-refractivity contribution is -0.118. The summed E-state index contributed by atoms with van der Waals surface area (Å²) in [5.74, 6) is 4.22. The van der Waals surface area contributed by atoms with E-state index >= 15 is 0 Å². The first-order valence-electron chi connectivity index (χ1n) is 14.1. The Labute approximate surface area is 255 Å². The molecule has 1 aromatic carbocycles. The van der Waals surface area contributed by atoms with Gasteiger partial charge in [0.15, 0.2) is 5.43 Å². The van der Waals surface area contributed by atoms with E-state index in [2.05, 4.69) is 27.1 Å². The van der Waals surface area contributed by atoms with E-state index in [-0.39, 0.29) is 47.2 Å². The van der Waals surface area contributed by atoms with Crippen LogP contribution in [0, 0.1) is 25.7 Å². The van der Waals surface area contributed by atoms with Crippen LogP contribution >= 0.6 is 0 Å². The van der Waals surface area contributed by atoms with Crippen LogP contribution in [0.3, 0.4) is 0 Å². The van der Waals surface area contributed by atoms with Gasteiger partial charge in [-0.05, 0) is 55.5 Å². The molecule has 0 saturated carbocycles. The van der Waals surface area contributed by atoms with Crippen LogP contribution in [0.4, 0.5) is 0 Å². The summed E-state index contributed by atoms with van der Waals surface area (Å²) in [5.41, 5.74) is 0.895. The van der Waals surface area contributed by atoms with Crippen molar-refractivity contribution >= 4 is 29.0 Å². The van der Waals surface area contributed by atoms with E-state index in [4.69, 9.17) is 13.9 Å². The topological polar surface area (TPSA) is 182 Å². The van der Waals surface area contributed by atoms with Crippen LogP contribution in [0.25, 0.3) is 22.3 Å². The van der Waals surface area contributed by atoms with Gasteiger partial charge in [-0.1, -0.05) is 11.8 Å². The van der Waals surface area contributed by atoms with Crippen molar-refractivity contribution in [3.05, 3.63) is 83.8 Å². The Balaban J connectivity index is 1.26. The molecule has 0 spiro atoms. The molecule has 45 heavy (non-hydrogen) atoms. The fourth-order valence-electron chi connectivity index (χ4n) is 5.07. The summed E-state index contributed by atoms with van der Waals surface area (Å²) < 4.78 is 18.0. The number of rotatable bonds is 7. The highest BCUT2D eigenvalue weighted by molar-refractivity contribution is 6.28. The normalized spacial score (nSPS) is 16.2. The quantitative estimate of drug-likeness (QED) is 0.159. The molecule has 0 unspecified atom stereocenters. The minimum atomic E-state index is -0.689. The smallest absolute Gasteiger partial charge is 0.330 e. The number of hydrogen-bond donors (Lipinski definition) is 3. The summed E-state index contributed by atoms with van der Waals surface area (Å²) in [7, 11) is 1.56. The number of methoxy groups -OCH3 is 1. The van der Waals surface area contributed by atoms with Crippen molar-refractivity contribution in [2.45, 2.75) is 45.4 Å². The van der Waals surface area contributed by atoms with Gasteiger partial charge >= 0.3 is 5.69 Å². The minimum absolute atomic E-state index is 0.000245. The summed E-state index contributed by atoms with van der Waals surface area (Å²) in [6.07, 6.45) is 2.49. The lowest BCUT2D eigenvalue weighted by atomic mass is 9.94. The largest absolute Gasteiger partial charge is 0.508 e. The Morgan fingerprint density at radius 2 is 1.98 bits per heavy atom. The highest BCUT2D eigenvalue weighted by atomic mass is 16.5. The summed E-state index contributed by atoms with van der Waals surface area (Å²) in [5, 5.41) is 13.2. The summed E-state index contributed by atoms with van der Waals surface area (Å²) in [4.78, 5) is 68.0. The van der Waals surface area contributed by atoms with Crippen molar-refractivity contribution in [2.24, 2.45) is 4.99 Å². The molecule has 13 nitrogen and oxygen atoms in total. The third-order valence-corrected chi connectivity index (χ3v) is 7.39. The first kappa shape index (κ1) is 31.1. The van der Waals surface area contributed by atoms with Gasteiger partial charge in [0.05, 0.1) is 31.9 Å². The van der Waals surface area contributed by atoms with Crippen LogP contribution in [0.15, 0.2) is 54.3 Å². The zero-order chi connectivity index (χ0) is 32.2. The number of H-pyrrole nitrogens is 1. The number of ether oxygens (including phenoxy) is 2. The molecular formula is C32H30N4O9. The van der Waals surface area contributed by atoms with Crippen LogP contribution in [0.1, 0.15) is 41.3 Å². The molecule has 3 heterocycles. The molecule has 2 aromatic rings. The van der Waals surface area contributed by atoms with Gasteiger partial charge < -0.3 is 24.3 Å². The number of amides is 2. The molecule has 1 fully saturated rings. The zero-order valence-electron chi connectivity index (χ0n) is 24.8. The highest BCUT2D eigenvalue weighted by Crippen LogP contribution is 2.36. The second-order valence-corrected chi connectivity index (χ2v) is 10.6. The molecule has 2 aliphatic heterocycles. The maximum absolute atomic E-state index is 12.9. The number of hydrogen-bond acceptors (Lipinski definition) is 9. The number of benzene rings is 2. The second kappa shape index (κ2) is 13.1. The molecule has 13 heteroatoms. The number of phenols is 1. The number of aromatic nitrogens is 2. The third-order valence-electron chi connectivity index (χ3n) is 7.39. The van der Waals surface area contributed by atoms with Crippen LogP contribution in [-0.4, -0.2) is 59.1 Å². The van der Waals surface area contributed by atoms with Gasteiger partial charge in [-0.15, -0.1) is 0 Å². The lowest BCUT2D eigenvalue weighted by Crippen LogP contribution is -2.33. The van der Waals surface area contributed by atoms with Crippen molar-refractivity contribution in [3.63, 3.8) is 0 Å². The predicted molar refractivity (Wildman–Crippen MR) is 164 cm³/mol. The number of carbonyl (C=O) groups is 2. The van der Waals surface area contributed by atoms with E-state index in [9.17, 15) is 29.1 Å². The predicted octanol–water partition coefficient (Wildman–Crippen LogP) is 1.70. The summed E-state index contributed by atoms with van der Waals surface area (Å²) >= 11 is 0. The number of aromatic hydroxyl groups is 1. The average Bonchev–Trinajstić information content (AvgIpc) is 3.45. The number of nitrogens with zero attached hydrogens (tertiary/aromatic N) is 2. The van der Waals surface area contributed by atoms with Gasteiger partial charge in [0, 0.05) is 36.4 Å². The molecule has 3 aliphatic rings. The molecule has 1 aromatic heterocycles.